The molecule has 0 fully saturated rings. The van der Waals surface area contributed by atoms with Crippen molar-refractivity contribution in [3.63, 3.8) is 0 Å². The molecular formula is C28H59O4P. The third kappa shape index (κ3) is 28.2. The fraction of sp³-hybridized carbons (Fsp3) is 1.00. The van der Waals surface area contributed by atoms with Crippen molar-refractivity contribution >= 4 is 7.82 Å². The summed E-state index contributed by atoms with van der Waals surface area (Å²) in [5.74, 6) is 0. The summed E-state index contributed by atoms with van der Waals surface area (Å²) < 4.78 is 16.4. The molecule has 0 saturated heterocycles. The molecule has 2 N–H and O–H groups in total. The molecule has 0 spiro atoms. The van der Waals surface area contributed by atoms with Crippen LogP contribution in [0.15, 0.2) is 0 Å². The average molecular weight is 491 g/mol. The molecule has 0 aromatic heterocycles. The number of phosphoric ester groups is 1. The number of rotatable bonds is 27. The molecule has 0 aliphatic rings. The molecular weight excluding hydrogens is 431 g/mol. The highest BCUT2D eigenvalue weighted by molar-refractivity contribution is 7.46. The van der Waals surface area contributed by atoms with Gasteiger partial charge >= 0.3 is 7.82 Å². The Hall–Kier alpha value is 0.110. The van der Waals surface area contributed by atoms with Crippen molar-refractivity contribution in [1.29, 1.82) is 0 Å². The minimum absolute atomic E-state index is 0.285. The largest absolute Gasteiger partial charge is 0.469 e. The lowest BCUT2D eigenvalue weighted by atomic mass is 10.0. The SMILES string of the molecule is CCCCCCCCCCCCCCCC(CCCCCCCCCCCC)OP(=O)(O)O. The van der Waals surface area contributed by atoms with Crippen molar-refractivity contribution in [3.8, 4) is 0 Å². The fourth-order valence-electron chi connectivity index (χ4n) is 4.69. The van der Waals surface area contributed by atoms with Gasteiger partial charge < -0.3 is 9.79 Å². The monoisotopic (exact) mass is 490 g/mol. The lowest BCUT2D eigenvalue weighted by Crippen LogP contribution is -2.11. The molecule has 1 unspecified atom stereocenters. The van der Waals surface area contributed by atoms with Gasteiger partial charge in [-0.2, -0.15) is 0 Å². The summed E-state index contributed by atoms with van der Waals surface area (Å²) in [6.45, 7) is 4.52. The predicted octanol–water partition coefficient (Wildman–Crippen LogP) is 10.3. The van der Waals surface area contributed by atoms with Gasteiger partial charge in [-0.3, -0.25) is 4.52 Å². The van der Waals surface area contributed by atoms with Crippen molar-refractivity contribution in [1.82, 2.24) is 0 Å². The first-order valence-electron chi connectivity index (χ1n) is 14.7. The summed E-state index contributed by atoms with van der Waals surface area (Å²) in [6, 6.07) is 0. The number of hydrogen-bond acceptors (Lipinski definition) is 2. The van der Waals surface area contributed by atoms with E-state index in [0.29, 0.717) is 0 Å². The molecule has 0 saturated carbocycles. The Kier molecular flexibility index (Phi) is 25.3. The lowest BCUT2D eigenvalue weighted by molar-refractivity contribution is 0.115. The standard InChI is InChI=1S/C28H59O4P/c1-3-5-7-9-11-13-15-16-17-19-21-23-25-27-28(32-33(29,30)31)26-24-22-20-18-14-12-10-8-6-4-2/h28H,3-27H2,1-2H3,(H2,29,30,31). The number of phosphoric acid groups is 1. The second-order valence-electron chi connectivity index (χ2n) is 10.2. The van der Waals surface area contributed by atoms with Crippen LogP contribution in [-0.2, 0) is 9.09 Å². The Morgan fingerprint density at radius 3 is 0.970 bits per heavy atom. The minimum atomic E-state index is -4.39. The second kappa shape index (κ2) is 25.2. The highest BCUT2D eigenvalue weighted by atomic mass is 31.2. The molecule has 0 radical (unpaired) electrons. The van der Waals surface area contributed by atoms with Crippen molar-refractivity contribution < 1.29 is 18.9 Å². The molecule has 0 aliphatic heterocycles. The van der Waals surface area contributed by atoms with Crippen molar-refractivity contribution in [2.45, 2.75) is 180 Å². The van der Waals surface area contributed by atoms with E-state index in [0.717, 1.165) is 38.5 Å². The third-order valence-electron chi connectivity index (χ3n) is 6.80. The smallest absolute Gasteiger partial charge is 0.303 e. The molecule has 0 aromatic carbocycles. The summed E-state index contributed by atoms with van der Waals surface area (Å²) in [7, 11) is -4.39. The maximum Gasteiger partial charge on any atom is 0.469 e. The van der Waals surface area contributed by atoms with Crippen LogP contribution in [0.5, 0.6) is 0 Å². The molecule has 4 nitrogen and oxygen atoms in total. The van der Waals surface area contributed by atoms with E-state index in [4.69, 9.17) is 4.52 Å². The average Bonchev–Trinajstić information content (AvgIpc) is 2.77. The Labute approximate surface area is 207 Å². The summed E-state index contributed by atoms with van der Waals surface area (Å²) in [5.41, 5.74) is 0. The number of hydrogen-bond donors (Lipinski definition) is 2. The molecule has 0 rings (SSSR count). The van der Waals surface area contributed by atoms with E-state index >= 15 is 0 Å². The first-order valence-corrected chi connectivity index (χ1v) is 16.3. The minimum Gasteiger partial charge on any atom is -0.303 e. The quantitative estimate of drug-likeness (QED) is 0.0887. The van der Waals surface area contributed by atoms with Crippen LogP contribution in [-0.4, -0.2) is 15.9 Å². The van der Waals surface area contributed by atoms with E-state index < -0.39 is 7.82 Å². The van der Waals surface area contributed by atoms with E-state index in [2.05, 4.69) is 13.8 Å². The van der Waals surface area contributed by atoms with Crippen molar-refractivity contribution in [2.24, 2.45) is 0 Å². The molecule has 0 amide bonds. The van der Waals surface area contributed by atoms with Crippen LogP contribution in [0.1, 0.15) is 174 Å². The van der Waals surface area contributed by atoms with Gasteiger partial charge in [-0.15, -0.1) is 0 Å². The van der Waals surface area contributed by atoms with Crippen LogP contribution in [0.2, 0.25) is 0 Å². The Morgan fingerprint density at radius 2 is 0.727 bits per heavy atom. The van der Waals surface area contributed by atoms with Gasteiger partial charge in [-0.05, 0) is 12.8 Å². The first kappa shape index (κ1) is 33.1. The van der Waals surface area contributed by atoms with Gasteiger partial charge in [-0.25, -0.2) is 4.57 Å². The Bertz CT molecular complexity index is 424. The molecule has 200 valence electrons. The first-order chi connectivity index (χ1) is 16.0. The van der Waals surface area contributed by atoms with Gasteiger partial charge in [0.1, 0.15) is 0 Å². The second-order valence-corrected chi connectivity index (χ2v) is 11.4. The van der Waals surface area contributed by atoms with Gasteiger partial charge in [0.15, 0.2) is 0 Å². The molecule has 1 atom stereocenters. The zero-order valence-electron chi connectivity index (χ0n) is 22.4. The maximum atomic E-state index is 11.3. The van der Waals surface area contributed by atoms with Crippen molar-refractivity contribution in [3.05, 3.63) is 0 Å². The zero-order valence-corrected chi connectivity index (χ0v) is 23.3. The molecule has 33 heavy (non-hydrogen) atoms. The lowest BCUT2D eigenvalue weighted by Gasteiger charge is -2.18. The molecule has 5 heteroatoms. The van der Waals surface area contributed by atoms with Gasteiger partial charge in [0.25, 0.3) is 0 Å². The van der Waals surface area contributed by atoms with Crippen LogP contribution in [0.3, 0.4) is 0 Å². The molecule has 0 aromatic rings. The zero-order chi connectivity index (χ0) is 24.5. The summed E-state index contributed by atoms with van der Waals surface area (Å²) >= 11 is 0. The van der Waals surface area contributed by atoms with Crippen LogP contribution < -0.4 is 0 Å². The topological polar surface area (TPSA) is 66.8 Å². The van der Waals surface area contributed by atoms with E-state index in [-0.39, 0.29) is 6.10 Å². The normalized spacial score (nSPS) is 13.0. The van der Waals surface area contributed by atoms with E-state index in [9.17, 15) is 14.4 Å². The van der Waals surface area contributed by atoms with Gasteiger partial charge in [-0.1, -0.05) is 162 Å². The van der Waals surface area contributed by atoms with Crippen LogP contribution >= 0.6 is 7.82 Å². The highest BCUT2D eigenvalue weighted by Gasteiger charge is 2.21. The fourth-order valence-corrected chi connectivity index (χ4v) is 5.29. The van der Waals surface area contributed by atoms with E-state index in [1.54, 1.807) is 0 Å². The summed E-state index contributed by atoms with van der Waals surface area (Å²) in [4.78, 5) is 18.5. The Balaban J connectivity index is 3.65. The van der Waals surface area contributed by atoms with Gasteiger partial charge in [0.2, 0.25) is 0 Å². The van der Waals surface area contributed by atoms with Gasteiger partial charge in [0.05, 0.1) is 6.10 Å². The third-order valence-corrected chi connectivity index (χ3v) is 7.37. The number of unbranched alkanes of at least 4 members (excludes halogenated alkanes) is 21. The van der Waals surface area contributed by atoms with Crippen LogP contribution in [0.25, 0.3) is 0 Å². The van der Waals surface area contributed by atoms with E-state index in [1.165, 1.54) is 122 Å². The van der Waals surface area contributed by atoms with Crippen LogP contribution in [0.4, 0.5) is 0 Å². The van der Waals surface area contributed by atoms with Crippen LogP contribution in [0, 0.1) is 0 Å². The van der Waals surface area contributed by atoms with E-state index in [1.807, 2.05) is 0 Å². The summed E-state index contributed by atoms with van der Waals surface area (Å²) in [6.07, 6.45) is 31.1. The van der Waals surface area contributed by atoms with Gasteiger partial charge in [0, 0.05) is 0 Å². The predicted molar refractivity (Wildman–Crippen MR) is 144 cm³/mol. The molecule has 0 aliphatic carbocycles. The van der Waals surface area contributed by atoms with Crippen molar-refractivity contribution in [2.75, 3.05) is 0 Å². The highest BCUT2D eigenvalue weighted by Crippen LogP contribution is 2.39. The summed E-state index contributed by atoms with van der Waals surface area (Å²) in [5, 5.41) is 0. The molecule has 0 bridgehead atoms. The Morgan fingerprint density at radius 1 is 0.485 bits per heavy atom. The molecule has 0 heterocycles. The maximum absolute atomic E-state index is 11.3.